The monoisotopic (exact) mass is 294 g/mol. The Morgan fingerprint density at radius 1 is 0.636 bits per heavy atom. The highest BCUT2D eigenvalue weighted by molar-refractivity contribution is 5.31. The summed E-state index contributed by atoms with van der Waals surface area (Å²) in [5, 5.41) is 0. The molecule has 0 atom stereocenters. The number of piperazine rings is 1. The topological polar surface area (TPSA) is 6.48 Å². The van der Waals surface area contributed by atoms with Crippen LogP contribution in [0.4, 0.5) is 0 Å². The van der Waals surface area contributed by atoms with Gasteiger partial charge in [-0.1, -0.05) is 60.7 Å². The number of nitrogens with zero attached hydrogens (tertiary/aromatic N) is 2. The van der Waals surface area contributed by atoms with Crippen LogP contribution in [0.2, 0.25) is 0 Å². The maximum absolute atomic E-state index is 2.63. The minimum Gasteiger partial charge on any atom is -0.298 e. The molecule has 0 unspecified atom stereocenters. The fraction of sp³-hybridized carbons (Fsp3) is 0.400. The lowest BCUT2D eigenvalue weighted by Crippen LogP contribution is -2.49. The predicted molar refractivity (Wildman–Crippen MR) is 93.0 cm³/mol. The first-order valence-corrected chi connectivity index (χ1v) is 8.33. The molecule has 2 aromatic carbocycles. The highest BCUT2D eigenvalue weighted by atomic mass is 15.3. The van der Waals surface area contributed by atoms with E-state index < -0.39 is 0 Å². The van der Waals surface area contributed by atoms with E-state index in [4.69, 9.17) is 0 Å². The highest BCUT2D eigenvalue weighted by Gasteiger charge is 2.26. The van der Waals surface area contributed by atoms with Crippen LogP contribution in [0.5, 0.6) is 0 Å². The minimum atomic E-state index is 0.372. The van der Waals surface area contributed by atoms with Gasteiger partial charge in [-0.2, -0.15) is 0 Å². The van der Waals surface area contributed by atoms with Crippen molar-refractivity contribution in [2.24, 2.45) is 0 Å². The normalized spacial score (nSPS) is 17.3. The van der Waals surface area contributed by atoms with Crippen LogP contribution in [-0.4, -0.2) is 42.0 Å². The Bertz CT molecular complexity index is 517. The van der Waals surface area contributed by atoms with Crippen LogP contribution in [0, 0.1) is 0 Å². The van der Waals surface area contributed by atoms with Crippen LogP contribution < -0.4 is 0 Å². The van der Waals surface area contributed by atoms with Gasteiger partial charge in [-0.05, 0) is 25.0 Å². The van der Waals surface area contributed by atoms with Gasteiger partial charge in [0.1, 0.15) is 0 Å². The van der Waals surface area contributed by atoms with Crippen LogP contribution in [0.25, 0.3) is 0 Å². The van der Waals surface area contributed by atoms with Crippen molar-refractivity contribution in [1.82, 2.24) is 9.80 Å². The first-order valence-electron chi connectivity index (χ1n) is 8.33. The summed E-state index contributed by atoms with van der Waals surface area (Å²) in [5.41, 5.74) is 2.79. The molecule has 1 heterocycles. The second-order valence-electron chi connectivity index (χ2n) is 6.39. The van der Waals surface area contributed by atoms with Crippen LogP contribution in [0.15, 0.2) is 60.7 Å². The molecule has 0 bridgehead atoms. The second-order valence-corrected chi connectivity index (χ2v) is 6.39. The second kappa shape index (κ2) is 7.08. The van der Waals surface area contributed by atoms with Gasteiger partial charge in [0.2, 0.25) is 0 Å². The SMILES string of the molecule is CC(C)N1CCN(C(c2ccccc2)c2ccccc2)CC1. The van der Waals surface area contributed by atoms with E-state index in [9.17, 15) is 0 Å². The molecule has 1 fully saturated rings. The molecule has 0 saturated carbocycles. The van der Waals surface area contributed by atoms with E-state index in [-0.39, 0.29) is 0 Å². The fourth-order valence-electron chi connectivity index (χ4n) is 3.40. The van der Waals surface area contributed by atoms with Crippen molar-refractivity contribution in [3.05, 3.63) is 71.8 Å². The van der Waals surface area contributed by atoms with E-state index in [2.05, 4.69) is 84.3 Å². The van der Waals surface area contributed by atoms with E-state index >= 15 is 0 Å². The van der Waals surface area contributed by atoms with E-state index in [0.29, 0.717) is 12.1 Å². The van der Waals surface area contributed by atoms with Gasteiger partial charge in [-0.3, -0.25) is 9.80 Å². The zero-order valence-corrected chi connectivity index (χ0v) is 13.7. The molecule has 2 nitrogen and oxygen atoms in total. The van der Waals surface area contributed by atoms with Gasteiger partial charge >= 0.3 is 0 Å². The minimum absolute atomic E-state index is 0.372. The Balaban J connectivity index is 1.84. The Kier molecular flexibility index (Phi) is 4.91. The number of rotatable bonds is 4. The van der Waals surface area contributed by atoms with Gasteiger partial charge in [0.25, 0.3) is 0 Å². The van der Waals surface area contributed by atoms with Gasteiger partial charge in [0.05, 0.1) is 6.04 Å². The molecule has 0 aliphatic carbocycles. The molecule has 1 aliphatic rings. The van der Waals surface area contributed by atoms with Crippen LogP contribution in [-0.2, 0) is 0 Å². The van der Waals surface area contributed by atoms with Crippen molar-refractivity contribution in [1.29, 1.82) is 0 Å². The van der Waals surface area contributed by atoms with Gasteiger partial charge in [-0.25, -0.2) is 0 Å². The van der Waals surface area contributed by atoms with Gasteiger partial charge in [0, 0.05) is 32.2 Å². The molecule has 3 rings (SSSR count). The smallest absolute Gasteiger partial charge is 0.0602 e. The molecule has 1 aliphatic heterocycles. The first kappa shape index (κ1) is 15.3. The van der Waals surface area contributed by atoms with Crippen LogP contribution in [0.1, 0.15) is 31.0 Å². The molecule has 0 aromatic heterocycles. The summed E-state index contributed by atoms with van der Waals surface area (Å²) in [6.45, 7) is 9.17. The third-order valence-corrected chi connectivity index (χ3v) is 4.67. The molecule has 2 heteroatoms. The summed E-state index contributed by atoms with van der Waals surface area (Å²) >= 11 is 0. The summed E-state index contributed by atoms with van der Waals surface area (Å²) in [6.07, 6.45) is 0. The molecule has 1 saturated heterocycles. The fourth-order valence-corrected chi connectivity index (χ4v) is 3.40. The Labute approximate surface area is 134 Å². The Morgan fingerprint density at radius 3 is 1.45 bits per heavy atom. The van der Waals surface area contributed by atoms with Crippen LogP contribution >= 0.6 is 0 Å². The predicted octanol–water partition coefficient (Wildman–Crippen LogP) is 3.80. The number of hydrogen-bond donors (Lipinski definition) is 0. The third kappa shape index (κ3) is 3.40. The average Bonchev–Trinajstić information content (AvgIpc) is 2.57. The largest absolute Gasteiger partial charge is 0.298 e. The molecule has 2 aromatic rings. The zero-order valence-electron chi connectivity index (χ0n) is 13.7. The lowest BCUT2D eigenvalue weighted by Gasteiger charge is -2.41. The van der Waals surface area contributed by atoms with E-state index in [1.807, 2.05) is 0 Å². The number of benzene rings is 2. The van der Waals surface area contributed by atoms with Crippen molar-refractivity contribution in [3.63, 3.8) is 0 Å². The molecule has 0 amide bonds. The molecule has 0 radical (unpaired) electrons. The molecular weight excluding hydrogens is 268 g/mol. The lowest BCUT2D eigenvalue weighted by atomic mass is 9.96. The standard InChI is InChI=1S/C20H26N2/c1-17(2)21-13-15-22(16-14-21)20(18-9-5-3-6-10-18)19-11-7-4-8-12-19/h3-12,17,20H,13-16H2,1-2H3. The Hall–Kier alpha value is -1.64. The maximum Gasteiger partial charge on any atom is 0.0602 e. The van der Waals surface area contributed by atoms with E-state index in [0.717, 1.165) is 26.2 Å². The first-order chi connectivity index (χ1) is 10.8. The summed E-state index contributed by atoms with van der Waals surface area (Å²) < 4.78 is 0. The average molecular weight is 294 g/mol. The van der Waals surface area contributed by atoms with E-state index in [1.54, 1.807) is 0 Å². The molecular formula is C20H26N2. The summed E-state index contributed by atoms with van der Waals surface area (Å²) in [4.78, 5) is 5.20. The van der Waals surface area contributed by atoms with Crippen molar-refractivity contribution in [2.45, 2.75) is 25.9 Å². The maximum atomic E-state index is 2.63. The zero-order chi connectivity index (χ0) is 15.4. The van der Waals surface area contributed by atoms with Crippen LogP contribution in [0.3, 0.4) is 0 Å². The summed E-state index contributed by atoms with van der Waals surface area (Å²) in [7, 11) is 0. The lowest BCUT2D eigenvalue weighted by molar-refractivity contribution is 0.0893. The molecule has 0 N–H and O–H groups in total. The van der Waals surface area contributed by atoms with Crippen molar-refractivity contribution >= 4 is 0 Å². The van der Waals surface area contributed by atoms with Gasteiger partial charge in [-0.15, -0.1) is 0 Å². The quantitative estimate of drug-likeness (QED) is 0.846. The summed E-state index contributed by atoms with van der Waals surface area (Å²) in [5.74, 6) is 0. The van der Waals surface area contributed by atoms with Crippen molar-refractivity contribution < 1.29 is 0 Å². The van der Waals surface area contributed by atoms with Gasteiger partial charge < -0.3 is 0 Å². The van der Waals surface area contributed by atoms with Gasteiger partial charge in [0.15, 0.2) is 0 Å². The Morgan fingerprint density at radius 2 is 1.05 bits per heavy atom. The van der Waals surface area contributed by atoms with Crippen molar-refractivity contribution in [2.75, 3.05) is 26.2 Å². The van der Waals surface area contributed by atoms with E-state index in [1.165, 1.54) is 11.1 Å². The third-order valence-electron chi connectivity index (χ3n) is 4.67. The number of hydrogen-bond acceptors (Lipinski definition) is 2. The molecule has 22 heavy (non-hydrogen) atoms. The molecule has 116 valence electrons. The molecule has 0 spiro atoms. The highest BCUT2D eigenvalue weighted by Crippen LogP contribution is 2.29. The summed E-state index contributed by atoms with van der Waals surface area (Å²) in [6, 6.07) is 22.8. The van der Waals surface area contributed by atoms with Crippen molar-refractivity contribution in [3.8, 4) is 0 Å².